The van der Waals surface area contributed by atoms with Crippen LogP contribution >= 0.6 is 0 Å². The van der Waals surface area contributed by atoms with Gasteiger partial charge in [-0.15, -0.1) is 0 Å². The van der Waals surface area contributed by atoms with E-state index in [9.17, 15) is 22.8 Å². The van der Waals surface area contributed by atoms with Gasteiger partial charge in [0.1, 0.15) is 5.60 Å². The van der Waals surface area contributed by atoms with Crippen molar-refractivity contribution in [1.29, 1.82) is 0 Å². The molecule has 2 N–H and O–H groups in total. The number of nitrogens with one attached hydrogen (secondary N) is 2. The molecule has 1 aromatic rings. The number of amides is 2. The lowest BCUT2D eigenvalue weighted by Crippen LogP contribution is -2.62. The van der Waals surface area contributed by atoms with Gasteiger partial charge in [-0.1, -0.05) is 38.1 Å². The molecule has 156 valence electrons. The zero-order valence-corrected chi connectivity index (χ0v) is 16.7. The molecule has 0 saturated carbocycles. The quantitative estimate of drug-likeness (QED) is 0.809. The number of ether oxygens (including phenoxy) is 1. The Bertz CT molecular complexity index is 714. The number of fused-ring (bicyclic) bond motifs is 1. The van der Waals surface area contributed by atoms with Crippen LogP contribution in [0.5, 0.6) is 0 Å². The first kappa shape index (κ1) is 22.0. The maximum atomic E-state index is 13.5. The number of alkyl carbamates (subject to hydrolysis) is 1. The summed E-state index contributed by atoms with van der Waals surface area (Å²) in [5, 5.41) is 4.25. The van der Waals surface area contributed by atoms with Crippen LogP contribution in [0.1, 0.15) is 45.7 Å². The van der Waals surface area contributed by atoms with E-state index in [4.69, 9.17) is 4.74 Å². The second-order valence-electron chi connectivity index (χ2n) is 8.54. The van der Waals surface area contributed by atoms with Crippen molar-refractivity contribution >= 4 is 12.0 Å². The average molecular weight is 400 g/mol. The van der Waals surface area contributed by atoms with Crippen molar-refractivity contribution in [2.75, 3.05) is 0 Å². The molecule has 1 atom stereocenters. The van der Waals surface area contributed by atoms with Gasteiger partial charge >= 0.3 is 12.3 Å². The summed E-state index contributed by atoms with van der Waals surface area (Å²) in [6, 6.07) is 4.85. The lowest BCUT2D eigenvalue weighted by molar-refractivity contribution is -0.169. The van der Waals surface area contributed by atoms with Gasteiger partial charge in [0, 0.05) is 0 Å². The van der Waals surface area contributed by atoms with Crippen LogP contribution in [0.4, 0.5) is 18.0 Å². The third-order valence-electron chi connectivity index (χ3n) is 4.86. The fourth-order valence-corrected chi connectivity index (χ4v) is 3.32. The normalized spacial score (nSPS) is 17.0. The minimum Gasteiger partial charge on any atom is -0.444 e. The third-order valence-corrected chi connectivity index (χ3v) is 4.86. The Kier molecular flexibility index (Phi) is 6.01. The molecule has 28 heavy (non-hydrogen) atoms. The van der Waals surface area contributed by atoms with Crippen molar-refractivity contribution in [3.05, 3.63) is 35.4 Å². The van der Waals surface area contributed by atoms with Crippen LogP contribution in [0.2, 0.25) is 0 Å². The number of rotatable bonds is 4. The fraction of sp³-hybridized carbons (Fsp3) is 0.600. The van der Waals surface area contributed by atoms with E-state index in [0.29, 0.717) is 12.8 Å². The van der Waals surface area contributed by atoms with Crippen LogP contribution in [-0.4, -0.2) is 35.4 Å². The van der Waals surface area contributed by atoms with Gasteiger partial charge in [-0.25, -0.2) is 4.79 Å². The Morgan fingerprint density at radius 1 is 1.07 bits per heavy atom. The maximum absolute atomic E-state index is 13.5. The summed E-state index contributed by atoms with van der Waals surface area (Å²) >= 11 is 0. The van der Waals surface area contributed by atoms with Crippen LogP contribution < -0.4 is 10.6 Å². The largest absolute Gasteiger partial charge is 0.444 e. The first-order valence-corrected chi connectivity index (χ1v) is 9.18. The monoisotopic (exact) mass is 400 g/mol. The highest BCUT2D eigenvalue weighted by Crippen LogP contribution is 2.36. The van der Waals surface area contributed by atoms with Gasteiger partial charge in [0.2, 0.25) is 6.04 Å². The summed E-state index contributed by atoms with van der Waals surface area (Å²) in [5.41, 5.74) is 0.170. The molecule has 0 bridgehead atoms. The molecular weight excluding hydrogens is 373 g/mol. The summed E-state index contributed by atoms with van der Waals surface area (Å²) in [5.74, 6) is -1.40. The molecule has 1 aliphatic rings. The second-order valence-corrected chi connectivity index (χ2v) is 8.54. The van der Waals surface area contributed by atoms with Crippen LogP contribution in [0.15, 0.2) is 24.3 Å². The number of hydrogen-bond acceptors (Lipinski definition) is 3. The summed E-state index contributed by atoms with van der Waals surface area (Å²) < 4.78 is 45.4. The van der Waals surface area contributed by atoms with Gasteiger partial charge in [-0.3, -0.25) is 4.79 Å². The predicted molar refractivity (Wildman–Crippen MR) is 98.8 cm³/mol. The van der Waals surface area contributed by atoms with Crippen molar-refractivity contribution in [1.82, 2.24) is 10.6 Å². The van der Waals surface area contributed by atoms with E-state index in [1.807, 2.05) is 38.1 Å². The summed E-state index contributed by atoms with van der Waals surface area (Å²) in [6.45, 7) is 8.29. The molecule has 0 heterocycles. The van der Waals surface area contributed by atoms with E-state index in [1.54, 1.807) is 5.32 Å². The molecule has 2 rings (SSSR count). The molecule has 0 saturated heterocycles. The standard InChI is InChI=1S/C20H27F3N2O3/c1-12(2)19(10-13-8-6-7-9-14(13)11-19)25-16(26)15(20(21,22)23)24-17(27)28-18(3,4)5/h6-9,12,15H,10-11H2,1-5H3,(H,24,27)(H,25,26). The average Bonchev–Trinajstić information content (AvgIpc) is 2.89. The van der Waals surface area contributed by atoms with Crippen molar-refractivity contribution in [2.24, 2.45) is 5.92 Å². The molecule has 1 unspecified atom stereocenters. The van der Waals surface area contributed by atoms with Gasteiger partial charge in [0.05, 0.1) is 5.54 Å². The van der Waals surface area contributed by atoms with Crippen molar-refractivity contribution in [3.8, 4) is 0 Å². The van der Waals surface area contributed by atoms with Crippen LogP contribution in [0, 0.1) is 5.92 Å². The van der Waals surface area contributed by atoms with Gasteiger partial charge in [0.15, 0.2) is 0 Å². The van der Waals surface area contributed by atoms with Crippen molar-refractivity contribution in [2.45, 2.75) is 70.8 Å². The fourth-order valence-electron chi connectivity index (χ4n) is 3.32. The number of halogens is 3. The molecule has 5 nitrogen and oxygen atoms in total. The lowest BCUT2D eigenvalue weighted by Gasteiger charge is -2.36. The SMILES string of the molecule is CC(C)C1(NC(=O)C(NC(=O)OC(C)(C)C)C(F)(F)F)Cc2ccccc2C1. The van der Waals surface area contributed by atoms with Gasteiger partial charge in [-0.05, 0) is 50.7 Å². The number of alkyl halides is 3. The maximum Gasteiger partial charge on any atom is 0.417 e. The zero-order chi connectivity index (χ0) is 21.3. The molecule has 0 aliphatic heterocycles. The van der Waals surface area contributed by atoms with E-state index in [1.165, 1.54) is 20.8 Å². The minimum absolute atomic E-state index is 0.112. The number of carbonyl (C=O) groups is 2. The number of hydrogen-bond donors (Lipinski definition) is 2. The van der Waals surface area contributed by atoms with E-state index in [-0.39, 0.29) is 5.92 Å². The minimum atomic E-state index is -4.95. The molecular formula is C20H27F3N2O3. The van der Waals surface area contributed by atoms with Gasteiger partial charge in [-0.2, -0.15) is 13.2 Å². The number of benzene rings is 1. The molecule has 0 spiro atoms. The highest BCUT2D eigenvalue weighted by Gasteiger charge is 2.50. The molecule has 0 radical (unpaired) electrons. The molecule has 0 aromatic heterocycles. The molecule has 8 heteroatoms. The first-order valence-electron chi connectivity index (χ1n) is 9.18. The van der Waals surface area contributed by atoms with Crippen molar-refractivity contribution < 1.29 is 27.5 Å². The second kappa shape index (κ2) is 7.64. The predicted octanol–water partition coefficient (Wildman–Crippen LogP) is 3.75. The van der Waals surface area contributed by atoms with E-state index < -0.39 is 35.4 Å². The van der Waals surface area contributed by atoms with Crippen molar-refractivity contribution in [3.63, 3.8) is 0 Å². The van der Waals surface area contributed by atoms with Crippen LogP contribution in [0.3, 0.4) is 0 Å². The highest BCUT2D eigenvalue weighted by atomic mass is 19.4. The van der Waals surface area contributed by atoms with Crippen LogP contribution in [-0.2, 0) is 22.4 Å². The Labute approximate surface area is 163 Å². The highest BCUT2D eigenvalue weighted by molar-refractivity contribution is 5.87. The smallest absolute Gasteiger partial charge is 0.417 e. The topological polar surface area (TPSA) is 67.4 Å². The lowest BCUT2D eigenvalue weighted by atomic mass is 9.83. The zero-order valence-electron chi connectivity index (χ0n) is 16.7. The van der Waals surface area contributed by atoms with E-state index in [2.05, 4.69) is 5.32 Å². The molecule has 1 aliphatic carbocycles. The number of carbonyl (C=O) groups excluding carboxylic acids is 2. The third kappa shape index (κ3) is 5.17. The summed E-state index contributed by atoms with van der Waals surface area (Å²) in [7, 11) is 0. The first-order chi connectivity index (χ1) is 12.7. The molecule has 0 fully saturated rings. The Balaban J connectivity index is 2.21. The van der Waals surface area contributed by atoms with Crippen LogP contribution in [0.25, 0.3) is 0 Å². The summed E-state index contributed by atoms with van der Waals surface area (Å²) in [4.78, 5) is 24.4. The van der Waals surface area contributed by atoms with E-state index >= 15 is 0 Å². The Morgan fingerprint density at radius 2 is 1.57 bits per heavy atom. The Hall–Kier alpha value is -2.25. The van der Waals surface area contributed by atoms with Gasteiger partial charge in [0.25, 0.3) is 5.91 Å². The molecule has 2 amide bonds. The van der Waals surface area contributed by atoms with Gasteiger partial charge < -0.3 is 15.4 Å². The summed E-state index contributed by atoms with van der Waals surface area (Å²) in [6.07, 6.45) is -5.38. The molecule has 1 aromatic carbocycles. The van der Waals surface area contributed by atoms with E-state index in [0.717, 1.165) is 11.1 Å². The Morgan fingerprint density at radius 3 is 1.96 bits per heavy atom.